The van der Waals surface area contributed by atoms with Gasteiger partial charge in [0.2, 0.25) is 0 Å². The molecule has 0 amide bonds. The first kappa shape index (κ1) is 32.1. The number of phosphoric ester groups is 1. The fourth-order valence-corrected chi connectivity index (χ4v) is 5.46. The molecular weight excluding hydrogens is 447 g/mol. The molecule has 1 N–H and O–H groups in total. The van der Waals surface area contributed by atoms with E-state index in [2.05, 4.69) is 28.1 Å². The van der Waals surface area contributed by atoms with Crippen molar-refractivity contribution in [2.75, 3.05) is 67.1 Å². The predicted molar refractivity (Wildman–Crippen MR) is 144 cm³/mol. The summed E-state index contributed by atoms with van der Waals surface area (Å²) in [5, 5.41) is 0. The maximum Gasteiger partial charge on any atom is 0.472 e. The Balaban J connectivity index is 1.87. The van der Waals surface area contributed by atoms with Crippen molar-refractivity contribution in [3.63, 3.8) is 0 Å². The number of nitrogens with zero attached hydrogens (tertiary/aromatic N) is 2. The lowest BCUT2D eigenvalue weighted by Gasteiger charge is -2.44. The first-order valence-electron chi connectivity index (χ1n) is 14.5. The lowest BCUT2D eigenvalue weighted by atomic mass is 10.0. The van der Waals surface area contributed by atoms with Crippen LogP contribution in [-0.4, -0.2) is 80.9 Å². The molecule has 0 spiro atoms. The van der Waals surface area contributed by atoms with E-state index in [-0.39, 0.29) is 6.61 Å². The molecule has 1 heterocycles. The van der Waals surface area contributed by atoms with Crippen molar-refractivity contribution in [3.05, 3.63) is 0 Å². The monoisotopic (exact) mass is 506 g/mol. The number of unbranched alkanes of at least 4 members (excludes halogenated alkanes) is 15. The minimum Gasteiger partial charge on any atom is -0.319 e. The quantitative estimate of drug-likeness (QED) is 0.0984. The van der Waals surface area contributed by atoms with E-state index in [0.717, 1.165) is 54.5 Å². The van der Waals surface area contributed by atoms with Crippen LogP contribution in [0.2, 0.25) is 0 Å². The van der Waals surface area contributed by atoms with Crippen LogP contribution in [0.3, 0.4) is 0 Å². The molecule has 34 heavy (non-hydrogen) atoms. The number of quaternary nitrogens is 2. The van der Waals surface area contributed by atoms with E-state index < -0.39 is 7.82 Å². The van der Waals surface area contributed by atoms with Gasteiger partial charge in [0, 0.05) is 0 Å². The van der Waals surface area contributed by atoms with E-state index in [1.165, 1.54) is 89.9 Å². The highest BCUT2D eigenvalue weighted by Crippen LogP contribution is 2.43. The zero-order valence-electron chi connectivity index (χ0n) is 23.3. The highest BCUT2D eigenvalue weighted by atomic mass is 31.2. The van der Waals surface area contributed by atoms with Crippen molar-refractivity contribution in [2.24, 2.45) is 0 Å². The number of phosphoric acid groups is 1. The van der Waals surface area contributed by atoms with Gasteiger partial charge in [-0.3, -0.25) is 9.05 Å². The molecule has 0 aromatic heterocycles. The molecule has 0 aliphatic carbocycles. The fraction of sp³-hybridized carbons (Fsp3) is 1.00. The topological polar surface area (TPSA) is 55.8 Å². The predicted octanol–water partition coefficient (Wildman–Crippen LogP) is 6.92. The van der Waals surface area contributed by atoms with Gasteiger partial charge in [0.1, 0.15) is 39.3 Å². The Bertz CT molecular complexity index is 535. The van der Waals surface area contributed by atoms with Crippen LogP contribution < -0.4 is 0 Å². The molecule has 6 nitrogen and oxygen atoms in total. The first-order chi connectivity index (χ1) is 16.2. The summed E-state index contributed by atoms with van der Waals surface area (Å²) in [7, 11) is 2.81. The van der Waals surface area contributed by atoms with Crippen LogP contribution in [0.15, 0.2) is 0 Å². The Labute approximate surface area is 212 Å². The van der Waals surface area contributed by atoms with E-state index in [1.54, 1.807) is 0 Å². The van der Waals surface area contributed by atoms with E-state index in [4.69, 9.17) is 9.05 Å². The van der Waals surface area contributed by atoms with Crippen LogP contribution in [-0.2, 0) is 13.6 Å². The van der Waals surface area contributed by atoms with Gasteiger partial charge in [0.05, 0.1) is 27.7 Å². The minimum absolute atomic E-state index is 0.274. The van der Waals surface area contributed by atoms with Crippen molar-refractivity contribution >= 4 is 7.82 Å². The standard InChI is InChI=1S/C27H58N2O4P/c1-5-6-7-8-9-10-11-12-13-14-15-16-17-18-19-20-26-32-34(30,31)33-27-25-29(4)23-21-28(2,3)22-24-29/h5-27H2,1-4H3/q+1/p+1. The average Bonchev–Trinajstić information content (AvgIpc) is 2.78. The summed E-state index contributed by atoms with van der Waals surface area (Å²) in [6.45, 7) is 8.03. The van der Waals surface area contributed by atoms with E-state index in [0.29, 0.717) is 6.61 Å². The molecule has 0 aromatic rings. The summed E-state index contributed by atoms with van der Waals surface area (Å²) in [5.74, 6) is 0. The number of piperazine rings is 1. The molecule has 1 rings (SSSR count). The van der Waals surface area contributed by atoms with Crippen LogP contribution in [0.4, 0.5) is 0 Å². The second-order valence-electron chi connectivity index (χ2n) is 11.6. The Hall–Kier alpha value is 0.0300. The molecule has 1 aliphatic heterocycles. The van der Waals surface area contributed by atoms with Crippen LogP contribution in [0.1, 0.15) is 110 Å². The maximum absolute atomic E-state index is 12.1. The molecule has 0 saturated carbocycles. The summed E-state index contributed by atoms with van der Waals surface area (Å²) in [6.07, 6.45) is 21.0. The fourth-order valence-electron chi connectivity index (χ4n) is 4.72. The molecule has 0 radical (unpaired) electrons. The molecule has 1 saturated heterocycles. The Morgan fingerprint density at radius 1 is 0.618 bits per heavy atom. The van der Waals surface area contributed by atoms with E-state index in [9.17, 15) is 9.46 Å². The Morgan fingerprint density at radius 3 is 1.44 bits per heavy atom. The molecule has 0 bridgehead atoms. The van der Waals surface area contributed by atoms with E-state index in [1.807, 2.05) is 0 Å². The molecule has 7 heteroatoms. The van der Waals surface area contributed by atoms with E-state index >= 15 is 0 Å². The zero-order valence-corrected chi connectivity index (χ0v) is 24.2. The highest BCUT2D eigenvalue weighted by Gasteiger charge is 2.34. The van der Waals surface area contributed by atoms with Crippen LogP contribution in [0.25, 0.3) is 0 Å². The van der Waals surface area contributed by atoms with Gasteiger partial charge in [-0.15, -0.1) is 0 Å². The smallest absolute Gasteiger partial charge is 0.319 e. The third-order valence-electron chi connectivity index (χ3n) is 7.63. The summed E-state index contributed by atoms with van der Waals surface area (Å²) in [6, 6.07) is 0. The molecule has 1 atom stereocenters. The SMILES string of the molecule is CCCCCCCCCCCCCCCCCCOP(=O)(O)OCC[N+]1(C)CC[N+](C)(C)CC1. The van der Waals surface area contributed by atoms with Crippen LogP contribution in [0, 0.1) is 0 Å². The maximum atomic E-state index is 12.1. The van der Waals surface area contributed by atoms with Crippen LogP contribution in [0.5, 0.6) is 0 Å². The number of hydrogen-bond acceptors (Lipinski definition) is 3. The van der Waals surface area contributed by atoms with Gasteiger partial charge in [0.25, 0.3) is 0 Å². The average molecular weight is 507 g/mol. The minimum atomic E-state index is -3.92. The Morgan fingerprint density at radius 2 is 1.00 bits per heavy atom. The highest BCUT2D eigenvalue weighted by molar-refractivity contribution is 7.47. The zero-order chi connectivity index (χ0) is 25.2. The van der Waals surface area contributed by atoms with Gasteiger partial charge < -0.3 is 13.9 Å². The first-order valence-corrected chi connectivity index (χ1v) is 16.0. The number of rotatable bonds is 22. The summed E-state index contributed by atoms with van der Waals surface area (Å²) in [4.78, 5) is 9.94. The Kier molecular flexibility index (Phi) is 17.3. The number of hydrogen-bond donors (Lipinski definition) is 1. The molecule has 1 fully saturated rings. The molecule has 204 valence electrons. The summed E-state index contributed by atoms with van der Waals surface area (Å²) < 4.78 is 24.5. The van der Waals surface area contributed by atoms with Crippen LogP contribution >= 0.6 is 7.82 Å². The van der Waals surface area contributed by atoms with Gasteiger partial charge >= 0.3 is 7.82 Å². The molecule has 0 aromatic carbocycles. The van der Waals surface area contributed by atoms with Gasteiger partial charge in [-0.2, -0.15) is 0 Å². The van der Waals surface area contributed by atoms with Gasteiger partial charge in [-0.1, -0.05) is 103 Å². The van der Waals surface area contributed by atoms with Crippen molar-refractivity contribution in [2.45, 2.75) is 110 Å². The van der Waals surface area contributed by atoms with Crippen molar-refractivity contribution in [1.82, 2.24) is 0 Å². The van der Waals surface area contributed by atoms with Gasteiger partial charge in [-0.25, -0.2) is 4.57 Å². The second-order valence-corrected chi connectivity index (χ2v) is 13.1. The lowest BCUT2D eigenvalue weighted by molar-refractivity contribution is -1.01. The summed E-state index contributed by atoms with van der Waals surface area (Å²) >= 11 is 0. The molecule has 1 aliphatic rings. The normalized spacial score (nSPS) is 19.2. The number of likely N-dealkylation sites (N-methyl/N-ethyl adjacent to an activating group) is 2. The third kappa shape index (κ3) is 17.5. The van der Waals surface area contributed by atoms with Crippen molar-refractivity contribution < 1.29 is 27.5 Å². The van der Waals surface area contributed by atoms with Gasteiger partial charge in [-0.05, 0) is 6.42 Å². The molecule has 1 unspecified atom stereocenters. The summed E-state index contributed by atoms with van der Waals surface area (Å²) in [5.41, 5.74) is 0. The van der Waals surface area contributed by atoms with Crippen molar-refractivity contribution in [3.8, 4) is 0 Å². The molecular formula is C27H59N2O4P+2. The largest absolute Gasteiger partial charge is 0.472 e. The second kappa shape index (κ2) is 18.3. The lowest BCUT2D eigenvalue weighted by Crippen LogP contribution is -2.63. The van der Waals surface area contributed by atoms with Crippen molar-refractivity contribution in [1.29, 1.82) is 0 Å². The van der Waals surface area contributed by atoms with Gasteiger partial charge in [0.15, 0.2) is 0 Å². The third-order valence-corrected chi connectivity index (χ3v) is 8.65.